The number of pyridine rings is 1. The number of nitrogens with zero attached hydrogens (tertiary/aromatic N) is 4. The van der Waals surface area contributed by atoms with Crippen LogP contribution in [0.3, 0.4) is 0 Å². The van der Waals surface area contributed by atoms with E-state index in [1.807, 2.05) is 12.1 Å². The second-order valence-electron chi connectivity index (χ2n) is 6.75. The molecule has 3 aliphatic rings. The van der Waals surface area contributed by atoms with Gasteiger partial charge in [0.05, 0.1) is 29.8 Å². The molecule has 4 atom stereocenters. The maximum atomic E-state index is 10.1. The van der Waals surface area contributed by atoms with Gasteiger partial charge in [0, 0.05) is 12.6 Å². The highest BCUT2D eigenvalue weighted by atomic mass is 16.7. The lowest BCUT2D eigenvalue weighted by molar-refractivity contribution is -0.295. The van der Waals surface area contributed by atoms with Gasteiger partial charge in [-0.2, -0.15) is 15.8 Å². The molecule has 0 unspecified atom stereocenters. The van der Waals surface area contributed by atoms with Crippen LogP contribution in [0.5, 0.6) is 0 Å². The van der Waals surface area contributed by atoms with Crippen molar-refractivity contribution in [1.82, 2.24) is 4.98 Å². The van der Waals surface area contributed by atoms with E-state index in [4.69, 9.17) is 14.9 Å². The second kappa shape index (κ2) is 5.02. The number of hydrogen-bond donors (Lipinski definition) is 1. The zero-order valence-electron chi connectivity index (χ0n) is 13.4. The van der Waals surface area contributed by atoms with Gasteiger partial charge in [-0.15, -0.1) is 0 Å². The first kappa shape index (κ1) is 15.6. The van der Waals surface area contributed by atoms with Crippen molar-refractivity contribution in [2.75, 3.05) is 0 Å². The van der Waals surface area contributed by atoms with E-state index < -0.39 is 28.6 Å². The minimum Gasteiger partial charge on any atom is -0.447 e. The minimum absolute atomic E-state index is 0.330. The lowest BCUT2D eigenvalue weighted by atomic mass is 9.52. The molecule has 7 heteroatoms. The molecule has 3 fully saturated rings. The van der Waals surface area contributed by atoms with E-state index in [-0.39, 0.29) is 5.90 Å². The third-order valence-corrected chi connectivity index (χ3v) is 5.77. The molecular formula is C18H15N5O2. The summed E-state index contributed by atoms with van der Waals surface area (Å²) in [5.74, 6) is -1.97. The maximum absolute atomic E-state index is 10.1. The first-order chi connectivity index (χ1) is 12.1. The Morgan fingerprint density at radius 1 is 1.16 bits per heavy atom. The Bertz CT molecular complexity index is 850. The number of nitrogens with one attached hydrogen (secondary N) is 1. The third-order valence-electron chi connectivity index (χ3n) is 5.77. The number of nitriles is 3. The van der Waals surface area contributed by atoms with Crippen molar-refractivity contribution in [2.24, 2.45) is 16.7 Å². The van der Waals surface area contributed by atoms with Crippen LogP contribution in [0.1, 0.15) is 37.5 Å². The van der Waals surface area contributed by atoms with Crippen LogP contribution in [0.25, 0.3) is 0 Å². The molecule has 124 valence electrons. The highest BCUT2D eigenvalue weighted by Gasteiger charge is 2.80. The minimum atomic E-state index is -1.89. The SMILES string of the molecule is N#CC1(C#N)[C@H](c2ccccn2)O[C@@]23CCCC[C@@H]2[C@@]1(C#N)C(=N)O3. The Hall–Kier alpha value is -2.95. The summed E-state index contributed by atoms with van der Waals surface area (Å²) >= 11 is 0. The van der Waals surface area contributed by atoms with E-state index >= 15 is 0 Å². The summed E-state index contributed by atoms with van der Waals surface area (Å²) < 4.78 is 12.0. The van der Waals surface area contributed by atoms with Crippen LogP contribution in [0.15, 0.2) is 24.4 Å². The van der Waals surface area contributed by atoms with E-state index in [0.717, 1.165) is 12.8 Å². The van der Waals surface area contributed by atoms with Crippen molar-refractivity contribution in [1.29, 1.82) is 21.2 Å². The van der Waals surface area contributed by atoms with Crippen LogP contribution < -0.4 is 0 Å². The molecule has 1 aliphatic carbocycles. The monoisotopic (exact) mass is 333 g/mol. The van der Waals surface area contributed by atoms with Crippen molar-refractivity contribution in [3.8, 4) is 18.2 Å². The topological polar surface area (TPSA) is 127 Å². The smallest absolute Gasteiger partial charge is 0.217 e. The molecule has 0 aromatic carbocycles. The van der Waals surface area contributed by atoms with E-state index in [1.54, 1.807) is 24.4 Å². The zero-order chi connectivity index (χ0) is 17.7. The van der Waals surface area contributed by atoms with Crippen LogP contribution in [0.4, 0.5) is 0 Å². The fourth-order valence-corrected chi connectivity index (χ4v) is 4.66. The Morgan fingerprint density at radius 3 is 2.60 bits per heavy atom. The zero-order valence-corrected chi connectivity index (χ0v) is 13.4. The molecule has 25 heavy (non-hydrogen) atoms. The first-order valence-corrected chi connectivity index (χ1v) is 8.21. The van der Waals surface area contributed by atoms with Gasteiger partial charge in [-0.25, -0.2) is 0 Å². The number of rotatable bonds is 1. The summed E-state index contributed by atoms with van der Waals surface area (Å²) in [4.78, 5) is 4.25. The van der Waals surface area contributed by atoms with Gasteiger partial charge in [-0.1, -0.05) is 12.5 Å². The van der Waals surface area contributed by atoms with Gasteiger partial charge in [-0.3, -0.25) is 10.4 Å². The quantitative estimate of drug-likeness (QED) is 0.841. The molecule has 1 N–H and O–H groups in total. The number of hydrogen-bond acceptors (Lipinski definition) is 7. The summed E-state index contributed by atoms with van der Waals surface area (Å²) in [6, 6.07) is 11.3. The van der Waals surface area contributed by atoms with Crippen molar-refractivity contribution >= 4 is 5.90 Å². The molecule has 2 bridgehead atoms. The Labute approximate surface area is 144 Å². The molecule has 1 aromatic rings. The fraction of sp³-hybridized carbons (Fsp3) is 0.500. The highest BCUT2D eigenvalue weighted by molar-refractivity contribution is 5.89. The van der Waals surface area contributed by atoms with Crippen LogP contribution in [0.2, 0.25) is 0 Å². The average molecular weight is 333 g/mol. The van der Waals surface area contributed by atoms with Crippen LogP contribution >= 0.6 is 0 Å². The normalized spacial score (nSPS) is 37.7. The molecule has 3 heterocycles. The summed E-state index contributed by atoms with van der Waals surface area (Å²) in [5, 5.41) is 38.5. The third kappa shape index (κ3) is 1.60. The predicted octanol–water partition coefficient (Wildman–Crippen LogP) is 2.59. The maximum Gasteiger partial charge on any atom is 0.217 e. The van der Waals surface area contributed by atoms with Crippen LogP contribution in [-0.4, -0.2) is 16.7 Å². The van der Waals surface area contributed by atoms with Crippen molar-refractivity contribution in [3.05, 3.63) is 30.1 Å². The van der Waals surface area contributed by atoms with Gasteiger partial charge in [-0.05, 0) is 25.0 Å². The van der Waals surface area contributed by atoms with Crippen molar-refractivity contribution in [3.63, 3.8) is 0 Å². The number of ether oxygens (including phenoxy) is 2. The van der Waals surface area contributed by atoms with E-state index in [2.05, 4.69) is 11.1 Å². The van der Waals surface area contributed by atoms with Crippen LogP contribution in [0, 0.1) is 56.2 Å². The molecule has 1 aromatic heterocycles. The Kier molecular flexibility index (Phi) is 3.13. The molecule has 0 radical (unpaired) electrons. The first-order valence-electron chi connectivity index (χ1n) is 8.21. The fourth-order valence-electron chi connectivity index (χ4n) is 4.66. The summed E-state index contributed by atoms with van der Waals surface area (Å²) in [6.07, 6.45) is 3.29. The van der Waals surface area contributed by atoms with Crippen LogP contribution in [-0.2, 0) is 9.47 Å². The summed E-state index contributed by atoms with van der Waals surface area (Å²) in [6.45, 7) is 0. The molecule has 0 amide bonds. The molecular weight excluding hydrogens is 318 g/mol. The lowest BCUT2D eigenvalue weighted by Gasteiger charge is -2.51. The molecule has 4 rings (SSSR count). The summed E-state index contributed by atoms with van der Waals surface area (Å²) in [5.41, 5.74) is -3.15. The lowest BCUT2D eigenvalue weighted by Crippen LogP contribution is -2.60. The standard InChI is InChI=1S/C18H15N5O2/c19-9-16(10-20)14(12-5-2-4-8-23-12)24-18-7-3-1-6-13(18)17(16,11-21)15(22)25-18/h2,4-5,8,13-14,22H,1,3,6-7H2/t13-,14+,17+,18-/m1/s1. The largest absolute Gasteiger partial charge is 0.447 e. The molecule has 7 nitrogen and oxygen atoms in total. The number of aromatic nitrogens is 1. The van der Waals surface area contributed by atoms with Gasteiger partial charge in [0.25, 0.3) is 0 Å². The highest BCUT2D eigenvalue weighted by Crippen LogP contribution is 2.69. The van der Waals surface area contributed by atoms with Gasteiger partial charge >= 0.3 is 0 Å². The van der Waals surface area contributed by atoms with Gasteiger partial charge < -0.3 is 9.47 Å². The molecule has 0 spiro atoms. The van der Waals surface area contributed by atoms with E-state index in [9.17, 15) is 15.8 Å². The average Bonchev–Trinajstić information content (AvgIpc) is 2.87. The Morgan fingerprint density at radius 2 is 1.96 bits per heavy atom. The van der Waals surface area contributed by atoms with E-state index in [1.165, 1.54) is 0 Å². The van der Waals surface area contributed by atoms with E-state index in [0.29, 0.717) is 18.5 Å². The van der Waals surface area contributed by atoms with Gasteiger partial charge in [0.2, 0.25) is 17.1 Å². The summed E-state index contributed by atoms with van der Waals surface area (Å²) in [7, 11) is 0. The molecule has 1 saturated carbocycles. The van der Waals surface area contributed by atoms with Gasteiger partial charge in [0.15, 0.2) is 5.41 Å². The molecule has 2 saturated heterocycles. The second-order valence-corrected chi connectivity index (χ2v) is 6.75. The van der Waals surface area contributed by atoms with Gasteiger partial charge in [0.1, 0.15) is 6.10 Å². The van der Waals surface area contributed by atoms with Crippen molar-refractivity contribution < 1.29 is 9.47 Å². The Balaban J connectivity index is 2.01. The predicted molar refractivity (Wildman–Crippen MR) is 83.3 cm³/mol. The van der Waals surface area contributed by atoms with Crippen molar-refractivity contribution in [2.45, 2.75) is 37.6 Å². The molecule has 2 aliphatic heterocycles.